The van der Waals surface area contributed by atoms with Crippen molar-refractivity contribution in [2.45, 2.75) is 32.1 Å². The minimum Gasteiger partial charge on any atom is -0.347 e. The minimum absolute atomic E-state index is 0.0187. The first-order valence-corrected chi connectivity index (χ1v) is 8.35. The molecule has 134 valence electrons. The largest absolute Gasteiger partial charge is 0.347 e. The van der Waals surface area contributed by atoms with Crippen LogP contribution in [0.4, 0.5) is 4.39 Å². The van der Waals surface area contributed by atoms with Crippen molar-refractivity contribution < 1.29 is 18.8 Å². The Hall–Kier alpha value is -2.70. The van der Waals surface area contributed by atoms with E-state index in [1.165, 1.54) is 36.4 Å². The molecule has 0 bridgehead atoms. The highest BCUT2D eigenvalue weighted by atomic mass is 19.1. The third kappa shape index (κ3) is 6.74. The van der Waals surface area contributed by atoms with E-state index in [4.69, 9.17) is 0 Å². The van der Waals surface area contributed by atoms with Gasteiger partial charge in [0.25, 0.3) is 11.8 Å². The standard InChI is InChI=1S/C18H22FN3O3/c19-15-9-6-13(7-10-15)8-11-16(23)21-22-17(24)12-20-18(25)14-4-2-1-3-5-14/h6-11,14H,1-5,12H2,(H,20,25)(H,21,23)(H,22,24). The van der Waals surface area contributed by atoms with Crippen LogP contribution in [0.3, 0.4) is 0 Å². The Morgan fingerprint density at radius 2 is 1.72 bits per heavy atom. The van der Waals surface area contributed by atoms with Crippen LogP contribution in [0.5, 0.6) is 0 Å². The Morgan fingerprint density at radius 1 is 1.04 bits per heavy atom. The van der Waals surface area contributed by atoms with Crippen molar-refractivity contribution in [3.63, 3.8) is 0 Å². The van der Waals surface area contributed by atoms with Crippen LogP contribution in [0, 0.1) is 11.7 Å². The van der Waals surface area contributed by atoms with Crippen molar-refractivity contribution in [1.82, 2.24) is 16.2 Å². The highest BCUT2D eigenvalue weighted by Crippen LogP contribution is 2.23. The van der Waals surface area contributed by atoms with E-state index in [9.17, 15) is 18.8 Å². The molecule has 1 saturated carbocycles. The van der Waals surface area contributed by atoms with Gasteiger partial charge in [0, 0.05) is 12.0 Å². The number of hydrogen-bond acceptors (Lipinski definition) is 3. The first kappa shape index (κ1) is 18.6. The normalized spacial score (nSPS) is 14.9. The summed E-state index contributed by atoms with van der Waals surface area (Å²) < 4.78 is 12.8. The van der Waals surface area contributed by atoms with E-state index in [0.29, 0.717) is 5.56 Å². The van der Waals surface area contributed by atoms with Gasteiger partial charge in [-0.15, -0.1) is 0 Å². The second kappa shape index (κ2) is 9.56. The first-order valence-electron chi connectivity index (χ1n) is 8.35. The third-order valence-corrected chi connectivity index (χ3v) is 4.02. The van der Waals surface area contributed by atoms with E-state index in [2.05, 4.69) is 16.2 Å². The molecule has 0 saturated heterocycles. The smallest absolute Gasteiger partial charge is 0.262 e. The molecule has 1 aliphatic carbocycles. The van der Waals surface area contributed by atoms with Gasteiger partial charge in [-0.2, -0.15) is 0 Å². The van der Waals surface area contributed by atoms with Gasteiger partial charge < -0.3 is 5.32 Å². The molecule has 0 aliphatic heterocycles. The first-order chi connectivity index (χ1) is 12.0. The number of hydrazine groups is 1. The topological polar surface area (TPSA) is 87.3 Å². The van der Waals surface area contributed by atoms with Gasteiger partial charge in [-0.25, -0.2) is 4.39 Å². The molecule has 0 atom stereocenters. The molecule has 0 aromatic heterocycles. The average molecular weight is 347 g/mol. The van der Waals surface area contributed by atoms with Gasteiger partial charge in [0.2, 0.25) is 5.91 Å². The highest BCUT2D eigenvalue weighted by molar-refractivity contribution is 5.93. The molecule has 3 N–H and O–H groups in total. The molecule has 1 aromatic rings. The summed E-state index contributed by atoms with van der Waals surface area (Å²) in [6.07, 6.45) is 7.67. The fraction of sp³-hybridized carbons (Fsp3) is 0.389. The maximum Gasteiger partial charge on any atom is 0.262 e. The average Bonchev–Trinajstić information content (AvgIpc) is 2.64. The fourth-order valence-electron chi connectivity index (χ4n) is 2.64. The lowest BCUT2D eigenvalue weighted by Crippen LogP contribution is -2.46. The SMILES string of the molecule is O=C(C=Cc1ccc(F)cc1)NNC(=O)CNC(=O)C1CCCCC1. The van der Waals surface area contributed by atoms with Crippen LogP contribution in [-0.2, 0) is 14.4 Å². The van der Waals surface area contributed by atoms with Gasteiger partial charge in [0.15, 0.2) is 0 Å². The molecular formula is C18H22FN3O3. The molecule has 0 unspecified atom stereocenters. The summed E-state index contributed by atoms with van der Waals surface area (Å²) in [5, 5.41) is 2.58. The van der Waals surface area contributed by atoms with Crippen molar-refractivity contribution in [2.24, 2.45) is 5.92 Å². The molecule has 6 nitrogen and oxygen atoms in total. The summed E-state index contributed by atoms with van der Waals surface area (Å²) in [5.74, 6) is -1.53. The van der Waals surface area contributed by atoms with Gasteiger partial charge in [-0.1, -0.05) is 31.4 Å². The van der Waals surface area contributed by atoms with E-state index in [-0.39, 0.29) is 24.2 Å². The number of rotatable bonds is 5. The van der Waals surface area contributed by atoms with Crippen LogP contribution in [0.15, 0.2) is 30.3 Å². The van der Waals surface area contributed by atoms with E-state index < -0.39 is 11.8 Å². The van der Waals surface area contributed by atoms with Crippen LogP contribution in [0.2, 0.25) is 0 Å². The molecule has 25 heavy (non-hydrogen) atoms. The zero-order chi connectivity index (χ0) is 18.1. The summed E-state index contributed by atoms with van der Waals surface area (Å²) in [6.45, 7) is -0.183. The molecule has 1 aliphatic rings. The van der Waals surface area contributed by atoms with Crippen LogP contribution in [0.25, 0.3) is 6.08 Å². The zero-order valence-corrected chi connectivity index (χ0v) is 13.9. The molecule has 0 heterocycles. The number of carbonyl (C=O) groups excluding carboxylic acids is 3. The van der Waals surface area contributed by atoms with Gasteiger partial charge >= 0.3 is 0 Å². The number of amides is 3. The minimum atomic E-state index is -0.531. The molecule has 2 rings (SSSR count). The van der Waals surface area contributed by atoms with Crippen molar-refractivity contribution in [3.05, 3.63) is 41.7 Å². The van der Waals surface area contributed by atoms with Gasteiger partial charge in [-0.05, 0) is 36.6 Å². The summed E-state index contributed by atoms with van der Waals surface area (Å²) in [4.78, 5) is 35.1. The van der Waals surface area contributed by atoms with Crippen molar-refractivity contribution in [1.29, 1.82) is 0 Å². The second-order valence-electron chi connectivity index (χ2n) is 5.98. The summed E-state index contributed by atoms with van der Waals surface area (Å²) >= 11 is 0. The Kier molecular flexibility index (Phi) is 7.13. The van der Waals surface area contributed by atoms with Crippen LogP contribution in [-0.4, -0.2) is 24.3 Å². The second-order valence-corrected chi connectivity index (χ2v) is 5.98. The number of halogens is 1. The van der Waals surface area contributed by atoms with Crippen LogP contribution >= 0.6 is 0 Å². The third-order valence-electron chi connectivity index (χ3n) is 4.02. The molecule has 0 radical (unpaired) electrons. The van der Waals surface area contributed by atoms with Gasteiger partial charge in [-0.3, -0.25) is 25.2 Å². The van der Waals surface area contributed by atoms with E-state index in [1.807, 2.05) is 0 Å². The Morgan fingerprint density at radius 3 is 2.40 bits per heavy atom. The van der Waals surface area contributed by atoms with Crippen molar-refractivity contribution >= 4 is 23.8 Å². The predicted molar refractivity (Wildman–Crippen MR) is 91.3 cm³/mol. The van der Waals surface area contributed by atoms with Crippen LogP contribution < -0.4 is 16.2 Å². The lowest BCUT2D eigenvalue weighted by molar-refractivity contribution is -0.130. The summed E-state index contributed by atoms with van der Waals surface area (Å²) in [5.41, 5.74) is 5.09. The fourth-order valence-corrected chi connectivity index (χ4v) is 2.64. The lowest BCUT2D eigenvalue weighted by atomic mass is 9.89. The molecule has 0 spiro atoms. The molecule has 1 aromatic carbocycles. The summed E-state index contributed by atoms with van der Waals surface area (Å²) in [6, 6.07) is 5.62. The Labute approximate surface area is 145 Å². The molecule has 7 heteroatoms. The van der Waals surface area contributed by atoms with E-state index in [0.717, 1.165) is 32.1 Å². The molecular weight excluding hydrogens is 325 g/mol. The quantitative estimate of drug-likeness (QED) is 0.559. The Balaban J connectivity index is 1.65. The maximum atomic E-state index is 12.8. The predicted octanol–water partition coefficient (Wildman–Crippen LogP) is 1.68. The molecule has 3 amide bonds. The maximum absolute atomic E-state index is 12.8. The van der Waals surface area contributed by atoms with E-state index >= 15 is 0 Å². The van der Waals surface area contributed by atoms with Gasteiger partial charge in [0.05, 0.1) is 6.54 Å². The molecule has 1 fully saturated rings. The van der Waals surface area contributed by atoms with Crippen LogP contribution in [0.1, 0.15) is 37.7 Å². The van der Waals surface area contributed by atoms with Crippen molar-refractivity contribution in [2.75, 3.05) is 6.54 Å². The highest BCUT2D eigenvalue weighted by Gasteiger charge is 2.21. The van der Waals surface area contributed by atoms with Crippen molar-refractivity contribution in [3.8, 4) is 0 Å². The number of hydrogen-bond donors (Lipinski definition) is 3. The summed E-state index contributed by atoms with van der Waals surface area (Å²) in [7, 11) is 0. The monoisotopic (exact) mass is 347 g/mol. The number of carbonyl (C=O) groups is 3. The van der Waals surface area contributed by atoms with E-state index in [1.54, 1.807) is 0 Å². The van der Waals surface area contributed by atoms with Gasteiger partial charge in [0.1, 0.15) is 5.82 Å². The number of benzene rings is 1. The zero-order valence-electron chi connectivity index (χ0n) is 13.9. The lowest BCUT2D eigenvalue weighted by Gasteiger charge is -2.20. The number of nitrogens with one attached hydrogen (secondary N) is 3. The Bertz CT molecular complexity index is 637.